The maximum Gasteiger partial charge on any atom is 0.257 e. The van der Waals surface area contributed by atoms with Gasteiger partial charge in [-0.25, -0.2) is 9.97 Å². The SMILES string of the molecule is CN1CCN(c2cc3nc(Nc4nccn4Cc4ccccc4)[nH]c3cc2C(=O)Nc2ccc3cn[nH]c3c2)CC1. The Bertz CT molecular complexity index is 1830. The number of H-pyrrole nitrogens is 2. The Labute approximate surface area is 236 Å². The Morgan fingerprint density at radius 3 is 2.71 bits per heavy atom. The van der Waals surface area contributed by atoms with Crippen LogP contribution in [0.2, 0.25) is 0 Å². The molecule has 7 rings (SSSR count). The lowest BCUT2D eigenvalue weighted by molar-refractivity contribution is 0.102. The van der Waals surface area contributed by atoms with Crippen molar-refractivity contribution in [3.63, 3.8) is 0 Å². The number of piperazine rings is 1. The summed E-state index contributed by atoms with van der Waals surface area (Å²) in [4.78, 5) is 30.9. The van der Waals surface area contributed by atoms with Gasteiger partial charge in [-0.05, 0) is 42.9 Å². The maximum atomic E-state index is 13.7. The Hall–Kier alpha value is -5.16. The molecule has 0 aliphatic carbocycles. The molecule has 1 saturated heterocycles. The highest BCUT2D eigenvalue weighted by Gasteiger charge is 2.23. The first-order valence-electron chi connectivity index (χ1n) is 13.6. The molecule has 0 bridgehead atoms. The molecule has 6 aromatic rings. The number of amides is 1. The van der Waals surface area contributed by atoms with Crippen molar-refractivity contribution in [3.8, 4) is 0 Å². The second-order valence-electron chi connectivity index (χ2n) is 10.4. The molecule has 4 heterocycles. The number of imidazole rings is 2. The number of anilines is 4. The van der Waals surface area contributed by atoms with E-state index in [2.05, 4.69) is 59.8 Å². The number of hydrogen-bond donors (Lipinski definition) is 4. The molecule has 4 N–H and O–H groups in total. The number of hydrogen-bond acceptors (Lipinski definition) is 7. The summed E-state index contributed by atoms with van der Waals surface area (Å²) in [6.07, 6.45) is 5.47. The maximum absolute atomic E-state index is 13.7. The highest BCUT2D eigenvalue weighted by molar-refractivity contribution is 6.11. The van der Waals surface area contributed by atoms with Crippen LogP contribution in [0.4, 0.5) is 23.3 Å². The third-order valence-corrected chi connectivity index (χ3v) is 7.53. The van der Waals surface area contributed by atoms with Crippen molar-refractivity contribution >= 4 is 51.1 Å². The standard InChI is InChI=1S/C30H30N10O/c1-38-11-13-39(14-12-38)27-17-26-25(16-23(27)28(41)33-22-8-7-21-18-32-37-24(21)15-22)34-29(35-26)36-30-31-9-10-40(30)19-20-5-3-2-4-6-20/h2-10,15-18H,11-14,19H2,1H3,(H,32,37)(H,33,41)(H2,31,34,35,36). The van der Waals surface area contributed by atoms with Crippen molar-refractivity contribution in [2.45, 2.75) is 6.54 Å². The molecule has 1 fully saturated rings. The molecule has 206 valence electrons. The summed E-state index contributed by atoms with van der Waals surface area (Å²) in [5, 5.41) is 14.4. The quantitative estimate of drug-likeness (QED) is 0.234. The van der Waals surface area contributed by atoms with Crippen LogP contribution in [-0.4, -0.2) is 73.8 Å². The van der Waals surface area contributed by atoms with Gasteiger partial charge >= 0.3 is 0 Å². The normalized spacial score (nSPS) is 14.1. The summed E-state index contributed by atoms with van der Waals surface area (Å²) in [6, 6.07) is 19.9. The van der Waals surface area contributed by atoms with Crippen molar-refractivity contribution in [2.24, 2.45) is 0 Å². The zero-order valence-corrected chi connectivity index (χ0v) is 22.6. The molecule has 0 unspecified atom stereocenters. The molecule has 3 aromatic carbocycles. The number of fused-ring (bicyclic) bond motifs is 2. The lowest BCUT2D eigenvalue weighted by atomic mass is 10.1. The minimum absolute atomic E-state index is 0.179. The summed E-state index contributed by atoms with van der Waals surface area (Å²) in [5.41, 5.74) is 5.75. The molecular formula is C30H30N10O. The molecule has 3 aromatic heterocycles. The van der Waals surface area contributed by atoms with Gasteiger partial charge in [0, 0.05) is 49.6 Å². The van der Waals surface area contributed by atoms with Crippen LogP contribution >= 0.6 is 0 Å². The van der Waals surface area contributed by atoms with Crippen molar-refractivity contribution in [2.75, 3.05) is 48.8 Å². The number of carbonyl (C=O) groups is 1. The Morgan fingerprint density at radius 2 is 1.85 bits per heavy atom. The van der Waals surface area contributed by atoms with Crippen LogP contribution in [0.1, 0.15) is 15.9 Å². The summed E-state index contributed by atoms with van der Waals surface area (Å²) in [6.45, 7) is 4.19. The van der Waals surface area contributed by atoms with E-state index in [1.807, 2.05) is 59.3 Å². The molecule has 0 spiro atoms. The zero-order valence-electron chi connectivity index (χ0n) is 22.6. The molecule has 0 radical (unpaired) electrons. The van der Waals surface area contributed by atoms with Gasteiger partial charge in [-0.1, -0.05) is 30.3 Å². The summed E-state index contributed by atoms with van der Waals surface area (Å²) < 4.78 is 2.04. The number of nitrogens with one attached hydrogen (secondary N) is 4. The Balaban J connectivity index is 1.20. The number of rotatable bonds is 7. The van der Waals surface area contributed by atoms with Gasteiger partial charge < -0.3 is 24.7 Å². The van der Waals surface area contributed by atoms with Crippen LogP contribution in [0.25, 0.3) is 21.9 Å². The molecule has 1 aliphatic heterocycles. The Kier molecular flexibility index (Phi) is 6.32. The second kappa shape index (κ2) is 10.4. The highest BCUT2D eigenvalue weighted by Crippen LogP contribution is 2.30. The monoisotopic (exact) mass is 546 g/mol. The number of nitrogens with zero attached hydrogens (tertiary/aromatic N) is 6. The van der Waals surface area contributed by atoms with E-state index in [-0.39, 0.29) is 5.91 Å². The van der Waals surface area contributed by atoms with Gasteiger partial charge in [0.1, 0.15) is 0 Å². The molecule has 0 atom stereocenters. The first-order chi connectivity index (χ1) is 20.1. The minimum Gasteiger partial charge on any atom is -0.368 e. The van der Waals surface area contributed by atoms with Gasteiger partial charge in [-0.3, -0.25) is 15.2 Å². The predicted molar refractivity (Wildman–Crippen MR) is 161 cm³/mol. The summed E-state index contributed by atoms with van der Waals surface area (Å²) >= 11 is 0. The predicted octanol–water partition coefficient (Wildman–Crippen LogP) is 4.43. The molecule has 41 heavy (non-hydrogen) atoms. The van der Waals surface area contributed by atoms with E-state index in [4.69, 9.17) is 4.98 Å². The number of carbonyl (C=O) groups excluding carboxylic acids is 1. The van der Waals surface area contributed by atoms with Gasteiger partial charge in [0.05, 0.1) is 40.5 Å². The lowest BCUT2D eigenvalue weighted by Gasteiger charge is -2.35. The second-order valence-corrected chi connectivity index (χ2v) is 10.4. The molecular weight excluding hydrogens is 516 g/mol. The smallest absolute Gasteiger partial charge is 0.257 e. The first kappa shape index (κ1) is 24.9. The number of aromatic amines is 2. The number of benzene rings is 3. The van der Waals surface area contributed by atoms with Crippen LogP contribution in [0.3, 0.4) is 0 Å². The van der Waals surface area contributed by atoms with Crippen LogP contribution in [0, 0.1) is 0 Å². The number of aromatic nitrogens is 6. The third kappa shape index (κ3) is 5.10. The summed E-state index contributed by atoms with van der Waals surface area (Å²) in [5.74, 6) is 1.06. The highest BCUT2D eigenvalue weighted by atomic mass is 16.1. The average Bonchev–Trinajstić information content (AvgIpc) is 3.73. The lowest BCUT2D eigenvalue weighted by Crippen LogP contribution is -2.45. The molecule has 1 amide bonds. The van der Waals surface area contributed by atoms with Crippen LogP contribution < -0.4 is 15.5 Å². The largest absolute Gasteiger partial charge is 0.368 e. The molecule has 11 nitrogen and oxygen atoms in total. The van der Waals surface area contributed by atoms with Crippen molar-refractivity contribution < 1.29 is 4.79 Å². The zero-order chi connectivity index (χ0) is 27.8. The van der Waals surface area contributed by atoms with Gasteiger partial charge in [0.25, 0.3) is 5.91 Å². The van der Waals surface area contributed by atoms with E-state index >= 15 is 0 Å². The minimum atomic E-state index is -0.179. The topological polar surface area (TPSA) is 123 Å². The van der Waals surface area contributed by atoms with Crippen molar-refractivity contribution in [1.29, 1.82) is 0 Å². The summed E-state index contributed by atoms with van der Waals surface area (Å²) in [7, 11) is 2.12. The fourth-order valence-electron chi connectivity index (χ4n) is 5.26. The van der Waals surface area contributed by atoms with E-state index < -0.39 is 0 Å². The van der Waals surface area contributed by atoms with E-state index in [1.54, 1.807) is 12.4 Å². The molecule has 1 aliphatic rings. The fraction of sp³-hybridized carbons (Fsp3) is 0.200. The van der Waals surface area contributed by atoms with Gasteiger partial charge in [0.15, 0.2) is 0 Å². The van der Waals surface area contributed by atoms with Gasteiger partial charge in [0.2, 0.25) is 11.9 Å². The van der Waals surface area contributed by atoms with Crippen LogP contribution in [0.15, 0.2) is 79.3 Å². The van der Waals surface area contributed by atoms with E-state index in [1.165, 1.54) is 5.56 Å². The fourth-order valence-corrected chi connectivity index (χ4v) is 5.26. The van der Waals surface area contributed by atoms with Crippen molar-refractivity contribution in [3.05, 3.63) is 90.4 Å². The van der Waals surface area contributed by atoms with E-state index in [0.717, 1.165) is 53.8 Å². The van der Waals surface area contributed by atoms with Gasteiger partial charge in [-0.15, -0.1) is 0 Å². The van der Waals surface area contributed by atoms with Crippen LogP contribution in [0.5, 0.6) is 0 Å². The van der Waals surface area contributed by atoms with Crippen LogP contribution in [-0.2, 0) is 6.54 Å². The van der Waals surface area contributed by atoms with Gasteiger partial charge in [-0.2, -0.15) is 5.10 Å². The Morgan fingerprint density at radius 1 is 1.00 bits per heavy atom. The van der Waals surface area contributed by atoms with E-state index in [0.29, 0.717) is 29.7 Å². The average molecular weight is 547 g/mol. The van der Waals surface area contributed by atoms with Crippen molar-refractivity contribution in [1.82, 2.24) is 34.6 Å². The number of likely N-dealkylation sites (N-methyl/N-ethyl adjacent to an activating group) is 1. The molecule has 0 saturated carbocycles. The first-order valence-corrected chi connectivity index (χ1v) is 13.6. The third-order valence-electron chi connectivity index (χ3n) is 7.53. The van der Waals surface area contributed by atoms with E-state index in [9.17, 15) is 4.79 Å². The molecule has 11 heteroatoms.